The highest BCUT2D eigenvalue weighted by atomic mass is 19.1. The van der Waals surface area contributed by atoms with Crippen molar-refractivity contribution in [2.24, 2.45) is 0 Å². The summed E-state index contributed by atoms with van der Waals surface area (Å²) in [6, 6.07) is 13.7. The fourth-order valence-electron chi connectivity index (χ4n) is 3.07. The van der Waals surface area contributed by atoms with Gasteiger partial charge >= 0.3 is 0 Å². The minimum absolute atomic E-state index is 0.0571. The Balaban J connectivity index is 1.47. The van der Waals surface area contributed by atoms with Crippen LogP contribution in [0.4, 0.5) is 10.1 Å². The van der Waals surface area contributed by atoms with E-state index in [0.717, 1.165) is 6.07 Å². The molecule has 2 heterocycles. The zero-order chi connectivity index (χ0) is 22.0. The summed E-state index contributed by atoms with van der Waals surface area (Å²) >= 11 is 0. The SMILES string of the molecule is CC(C)n1cnc2nc(COc3cccc(NC(=O)c4cccc(F)c4)c3)cc(=O)n21. The highest BCUT2D eigenvalue weighted by molar-refractivity contribution is 6.04. The van der Waals surface area contributed by atoms with Crippen molar-refractivity contribution in [3.05, 3.63) is 88.4 Å². The predicted octanol–water partition coefficient (Wildman–Crippen LogP) is 3.44. The molecule has 0 saturated heterocycles. The summed E-state index contributed by atoms with van der Waals surface area (Å²) < 4.78 is 22.2. The maximum atomic E-state index is 13.3. The first-order valence-corrected chi connectivity index (χ1v) is 9.66. The van der Waals surface area contributed by atoms with E-state index in [0.29, 0.717) is 22.9 Å². The van der Waals surface area contributed by atoms with Gasteiger partial charge in [0.1, 0.15) is 24.5 Å². The minimum atomic E-state index is -0.483. The van der Waals surface area contributed by atoms with Gasteiger partial charge in [-0.1, -0.05) is 12.1 Å². The summed E-state index contributed by atoms with van der Waals surface area (Å²) in [5.74, 6) is -0.136. The van der Waals surface area contributed by atoms with Crippen molar-refractivity contribution in [1.82, 2.24) is 19.2 Å². The van der Waals surface area contributed by atoms with Crippen LogP contribution in [0.5, 0.6) is 5.75 Å². The van der Waals surface area contributed by atoms with Crippen LogP contribution in [-0.2, 0) is 6.61 Å². The number of hydrogen-bond donors (Lipinski definition) is 1. The van der Waals surface area contributed by atoms with E-state index in [1.165, 1.54) is 28.8 Å². The third-order valence-electron chi connectivity index (χ3n) is 4.55. The number of fused-ring (bicyclic) bond motifs is 1. The average molecular weight is 421 g/mol. The molecule has 0 spiro atoms. The number of halogens is 1. The van der Waals surface area contributed by atoms with Gasteiger partial charge in [0, 0.05) is 29.4 Å². The van der Waals surface area contributed by atoms with Crippen LogP contribution in [0.2, 0.25) is 0 Å². The molecule has 8 nitrogen and oxygen atoms in total. The third-order valence-corrected chi connectivity index (χ3v) is 4.55. The van der Waals surface area contributed by atoms with Gasteiger partial charge < -0.3 is 10.1 Å². The van der Waals surface area contributed by atoms with E-state index in [2.05, 4.69) is 15.3 Å². The molecular formula is C22H20FN5O3. The molecule has 0 unspecified atom stereocenters. The van der Waals surface area contributed by atoms with Crippen LogP contribution in [0.3, 0.4) is 0 Å². The number of amides is 1. The van der Waals surface area contributed by atoms with E-state index in [9.17, 15) is 14.0 Å². The molecule has 9 heteroatoms. The van der Waals surface area contributed by atoms with Crippen molar-refractivity contribution in [2.45, 2.75) is 26.5 Å². The van der Waals surface area contributed by atoms with Crippen molar-refractivity contribution in [1.29, 1.82) is 0 Å². The number of benzene rings is 2. The number of aromatic nitrogens is 4. The second kappa shape index (κ2) is 8.39. The van der Waals surface area contributed by atoms with Crippen LogP contribution < -0.4 is 15.6 Å². The number of hydrogen-bond acceptors (Lipinski definition) is 5. The summed E-state index contributed by atoms with van der Waals surface area (Å²) in [4.78, 5) is 33.3. The molecule has 0 aliphatic carbocycles. The lowest BCUT2D eigenvalue weighted by atomic mass is 10.2. The molecule has 31 heavy (non-hydrogen) atoms. The summed E-state index contributed by atoms with van der Waals surface area (Å²) in [6.45, 7) is 3.96. The van der Waals surface area contributed by atoms with Gasteiger partial charge in [-0.25, -0.2) is 9.37 Å². The quantitative estimate of drug-likeness (QED) is 0.515. The molecule has 0 atom stereocenters. The van der Waals surface area contributed by atoms with Crippen LogP contribution in [0, 0.1) is 5.82 Å². The zero-order valence-corrected chi connectivity index (χ0v) is 16.9. The molecule has 1 amide bonds. The van der Waals surface area contributed by atoms with E-state index >= 15 is 0 Å². The van der Waals surface area contributed by atoms with Crippen molar-refractivity contribution in [3.8, 4) is 5.75 Å². The Morgan fingerprint density at radius 3 is 2.74 bits per heavy atom. The lowest BCUT2D eigenvalue weighted by Crippen LogP contribution is -2.23. The smallest absolute Gasteiger partial charge is 0.274 e. The highest BCUT2D eigenvalue weighted by Gasteiger charge is 2.11. The van der Waals surface area contributed by atoms with Gasteiger partial charge in [0.2, 0.25) is 0 Å². The van der Waals surface area contributed by atoms with Gasteiger partial charge in [-0.2, -0.15) is 9.50 Å². The Kier molecular flexibility index (Phi) is 5.48. The number of carbonyl (C=O) groups is 1. The number of rotatable bonds is 6. The average Bonchev–Trinajstić information content (AvgIpc) is 3.17. The largest absolute Gasteiger partial charge is 0.487 e. The molecule has 1 N–H and O–H groups in total. The molecule has 0 radical (unpaired) electrons. The first kappa shape index (κ1) is 20.3. The number of nitrogens with one attached hydrogen (secondary N) is 1. The van der Waals surface area contributed by atoms with E-state index in [1.807, 2.05) is 13.8 Å². The van der Waals surface area contributed by atoms with Crippen LogP contribution >= 0.6 is 0 Å². The van der Waals surface area contributed by atoms with Gasteiger partial charge in [0.25, 0.3) is 17.2 Å². The molecule has 2 aromatic carbocycles. The van der Waals surface area contributed by atoms with Gasteiger partial charge in [-0.3, -0.25) is 14.3 Å². The first-order valence-electron chi connectivity index (χ1n) is 9.66. The van der Waals surface area contributed by atoms with Gasteiger partial charge in [0.05, 0.1) is 5.69 Å². The number of carbonyl (C=O) groups excluding carboxylic acids is 1. The molecule has 0 bridgehead atoms. The van der Waals surface area contributed by atoms with Crippen molar-refractivity contribution >= 4 is 17.4 Å². The molecule has 0 fully saturated rings. The molecular weight excluding hydrogens is 401 g/mol. The Morgan fingerprint density at radius 1 is 1.16 bits per heavy atom. The monoisotopic (exact) mass is 421 g/mol. The van der Waals surface area contributed by atoms with E-state index in [4.69, 9.17) is 4.74 Å². The Bertz CT molecular complexity index is 1310. The van der Waals surface area contributed by atoms with Crippen molar-refractivity contribution in [3.63, 3.8) is 0 Å². The maximum Gasteiger partial charge on any atom is 0.274 e. The molecule has 158 valence electrons. The lowest BCUT2D eigenvalue weighted by Gasteiger charge is -2.10. The minimum Gasteiger partial charge on any atom is -0.487 e. The fraction of sp³-hybridized carbons (Fsp3) is 0.182. The topological polar surface area (TPSA) is 90.5 Å². The second-order valence-corrected chi connectivity index (χ2v) is 7.20. The molecule has 4 rings (SSSR count). The summed E-state index contributed by atoms with van der Waals surface area (Å²) in [6.07, 6.45) is 1.57. The van der Waals surface area contributed by atoms with Crippen LogP contribution in [0.15, 0.2) is 65.7 Å². The normalized spacial score (nSPS) is 11.1. The van der Waals surface area contributed by atoms with E-state index in [-0.39, 0.29) is 23.8 Å². The molecule has 0 saturated carbocycles. The summed E-state index contributed by atoms with van der Waals surface area (Å²) in [5, 5.41) is 2.70. The first-order chi connectivity index (χ1) is 14.9. The van der Waals surface area contributed by atoms with Crippen molar-refractivity contribution < 1.29 is 13.9 Å². The molecule has 4 aromatic rings. The fourth-order valence-corrected chi connectivity index (χ4v) is 3.07. The Morgan fingerprint density at radius 2 is 1.97 bits per heavy atom. The third kappa shape index (κ3) is 4.45. The highest BCUT2D eigenvalue weighted by Crippen LogP contribution is 2.19. The van der Waals surface area contributed by atoms with Crippen LogP contribution in [0.1, 0.15) is 35.9 Å². The molecule has 0 aliphatic rings. The Labute approximate surface area is 176 Å². The summed E-state index contributed by atoms with van der Waals surface area (Å²) in [5.41, 5.74) is 0.898. The predicted molar refractivity (Wildman–Crippen MR) is 113 cm³/mol. The van der Waals surface area contributed by atoms with Crippen LogP contribution in [0.25, 0.3) is 5.78 Å². The summed E-state index contributed by atoms with van der Waals surface area (Å²) in [7, 11) is 0. The lowest BCUT2D eigenvalue weighted by molar-refractivity contribution is 0.102. The van der Waals surface area contributed by atoms with E-state index in [1.54, 1.807) is 35.3 Å². The van der Waals surface area contributed by atoms with Crippen LogP contribution in [-0.4, -0.2) is 25.1 Å². The standard InChI is InChI=1S/C22H20FN5O3/c1-14(2)27-13-24-22-26-18(11-20(29)28(22)27)12-31-19-8-4-7-17(10-19)25-21(30)15-5-3-6-16(23)9-15/h3-11,13-14H,12H2,1-2H3,(H,25,30). The van der Waals surface area contributed by atoms with E-state index < -0.39 is 11.7 Å². The number of anilines is 1. The second-order valence-electron chi connectivity index (χ2n) is 7.20. The van der Waals surface area contributed by atoms with Gasteiger partial charge in [-0.15, -0.1) is 0 Å². The molecule has 0 aliphatic heterocycles. The molecule has 2 aromatic heterocycles. The van der Waals surface area contributed by atoms with Crippen molar-refractivity contribution in [2.75, 3.05) is 5.32 Å². The Hall–Kier alpha value is -4.01. The number of nitrogens with zero attached hydrogens (tertiary/aromatic N) is 4. The maximum absolute atomic E-state index is 13.3. The zero-order valence-electron chi connectivity index (χ0n) is 16.9. The van der Waals surface area contributed by atoms with Gasteiger partial charge in [0.15, 0.2) is 0 Å². The number of ether oxygens (including phenoxy) is 1. The van der Waals surface area contributed by atoms with Gasteiger partial charge in [-0.05, 0) is 44.2 Å².